The Labute approximate surface area is 121 Å². The summed E-state index contributed by atoms with van der Waals surface area (Å²) in [6.45, 7) is 10.1. The summed E-state index contributed by atoms with van der Waals surface area (Å²) in [6.07, 6.45) is -0.00440. The van der Waals surface area contributed by atoms with E-state index in [1.165, 1.54) is 0 Å². The third-order valence-electron chi connectivity index (χ3n) is 3.21. The lowest BCUT2D eigenvalue weighted by Gasteiger charge is -2.21. The van der Waals surface area contributed by atoms with Gasteiger partial charge in [-0.15, -0.1) is 0 Å². The maximum absolute atomic E-state index is 11.8. The molecule has 4 nitrogen and oxygen atoms in total. The topological polar surface area (TPSA) is 61.5 Å². The van der Waals surface area contributed by atoms with Crippen LogP contribution in [0.15, 0.2) is 12.1 Å². The molecule has 0 bridgehead atoms. The van der Waals surface area contributed by atoms with Gasteiger partial charge < -0.3 is 15.2 Å². The molecule has 0 aliphatic carbocycles. The van der Waals surface area contributed by atoms with Crippen molar-refractivity contribution in [1.82, 2.24) is 0 Å². The maximum atomic E-state index is 11.8. The number of hydrogen-bond donors (Lipinski definition) is 1. The Morgan fingerprint density at radius 3 is 2.45 bits per heavy atom. The number of ether oxygens (including phenoxy) is 2. The van der Waals surface area contributed by atoms with Crippen molar-refractivity contribution in [1.29, 1.82) is 0 Å². The standard InChI is InChI=1S/C16H25NO3/c1-6-14(16(18)19-7-2)20-15-8-11(5)13(17)9-12(15)10(3)4/h8-10,14H,6-7,17H2,1-5H3. The molecule has 0 radical (unpaired) electrons. The molecule has 112 valence electrons. The molecule has 1 atom stereocenters. The zero-order valence-electron chi connectivity index (χ0n) is 13.0. The van der Waals surface area contributed by atoms with E-state index in [0.717, 1.165) is 16.8 Å². The maximum Gasteiger partial charge on any atom is 0.347 e. The molecular formula is C16H25NO3. The van der Waals surface area contributed by atoms with Crippen LogP contribution in [0.25, 0.3) is 0 Å². The van der Waals surface area contributed by atoms with Gasteiger partial charge in [-0.1, -0.05) is 20.8 Å². The summed E-state index contributed by atoms with van der Waals surface area (Å²) >= 11 is 0. The number of carbonyl (C=O) groups excluding carboxylic acids is 1. The summed E-state index contributed by atoms with van der Waals surface area (Å²) in [5, 5.41) is 0. The lowest BCUT2D eigenvalue weighted by Crippen LogP contribution is -2.29. The van der Waals surface area contributed by atoms with Crippen molar-refractivity contribution in [2.24, 2.45) is 0 Å². The molecule has 1 unspecified atom stereocenters. The van der Waals surface area contributed by atoms with Gasteiger partial charge in [0, 0.05) is 5.69 Å². The summed E-state index contributed by atoms with van der Waals surface area (Å²) in [7, 11) is 0. The predicted octanol–water partition coefficient (Wildman–Crippen LogP) is 3.42. The van der Waals surface area contributed by atoms with Gasteiger partial charge in [-0.2, -0.15) is 0 Å². The van der Waals surface area contributed by atoms with Gasteiger partial charge in [-0.25, -0.2) is 4.79 Å². The summed E-state index contributed by atoms with van der Waals surface area (Å²) in [5.74, 6) is 0.665. The molecule has 0 aliphatic rings. The third-order valence-corrected chi connectivity index (χ3v) is 3.21. The highest BCUT2D eigenvalue weighted by atomic mass is 16.6. The molecule has 0 spiro atoms. The van der Waals surface area contributed by atoms with Crippen molar-refractivity contribution in [3.63, 3.8) is 0 Å². The number of rotatable bonds is 6. The van der Waals surface area contributed by atoms with Crippen LogP contribution >= 0.6 is 0 Å². The minimum atomic E-state index is -0.574. The van der Waals surface area contributed by atoms with Crippen molar-refractivity contribution in [3.8, 4) is 5.75 Å². The highest BCUT2D eigenvalue weighted by Gasteiger charge is 2.22. The molecule has 1 aromatic carbocycles. The van der Waals surface area contributed by atoms with Gasteiger partial charge in [0.25, 0.3) is 0 Å². The van der Waals surface area contributed by atoms with Crippen LogP contribution in [-0.4, -0.2) is 18.7 Å². The van der Waals surface area contributed by atoms with Crippen LogP contribution in [0.3, 0.4) is 0 Å². The van der Waals surface area contributed by atoms with Gasteiger partial charge >= 0.3 is 5.97 Å². The summed E-state index contributed by atoms with van der Waals surface area (Å²) < 4.78 is 10.9. The fourth-order valence-electron chi connectivity index (χ4n) is 1.96. The minimum absolute atomic E-state index is 0.271. The van der Waals surface area contributed by atoms with Gasteiger partial charge in [0.05, 0.1) is 6.61 Å². The minimum Gasteiger partial charge on any atom is -0.478 e. The van der Waals surface area contributed by atoms with Crippen LogP contribution in [0.5, 0.6) is 5.75 Å². The van der Waals surface area contributed by atoms with Crippen molar-refractivity contribution >= 4 is 11.7 Å². The number of nitrogen functional groups attached to an aromatic ring is 1. The molecule has 1 aromatic rings. The van der Waals surface area contributed by atoms with Crippen LogP contribution in [0, 0.1) is 6.92 Å². The first-order valence-electron chi connectivity index (χ1n) is 7.13. The third kappa shape index (κ3) is 3.89. The number of hydrogen-bond acceptors (Lipinski definition) is 4. The Hall–Kier alpha value is -1.71. The fraction of sp³-hybridized carbons (Fsp3) is 0.562. The first-order valence-corrected chi connectivity index (χ1v) is 7.13. The van der Waals surface area contributed by atoms with E-state index in [2.05, 4.69) is 13.8 Å². The molecule has 0 heterocycles. The predicted molar refractivity (Wildman–Crippen MR) is 81.0 cm³/mol. The second-order valence-electron chi connectivity index (χ2n) is 5.17. The monoisotopic (exact) mass is 279 g/mol. The second kappa shape index (κ2) is 7.17. The van der Waals surface area contributed by atoms with E-state index >= 15 is 0 Å². The van der Waals surface area contributed by atoms with Gasteiger partial charge in [0.1, 0.15) is 5.75 Å². The molecule has 0 saturated heterocycles. The van der Waals surface area contributed by atoms with Crippen LogP contribution in [-0.2, 0) is 9.53 Å². The zero-order valence-corrected chi connectivity index (χ0v) is 13.0. The summed E-state index contributed by atoms with van der Waals surface area (Å²) in [6, 6.07) is 3.82. The van der Waals surface area contributed by atoms with Crippen LogP contribution in [0.4, 0.5) is 5.69 Å². The van der Waals surface area contributed by atoms with Crippen molar-refractivity contribution in [2.75, 3.05) is 12.3 Å². The molecular weight excluding hydrogens is 254 g/mol. The zero-order chi connectivity index (χ0) is 15.3. The summed E-state index contributed by atoms with van der Waals surface area (Å²) in [5.41, 5.74) is 8.65. The smallest absolute Gasteiger partial charge is 0.347 e. The van der Waals surface area contributed by atoms with Gasteiger partial charge in [0.15, 0.2) is 6.10 Å². The lowest BCUT2D eigenvalue weighted by molar-refractivity contribution is -0.151. The van der Waals surface area contributed by atoms with Gasteiger partial charge in [-0.3, -0.25) is 0 Å². The Kier molecular flexibility index (Phi) is 5.86. The van der Waals surface area contributed by atoms with E-state index in [1.807, 2.05) is 26.0 Å². The number of nitrogens with two attached hydrogens (primary N) is 1. The van der Waals surface area contributed by atoms with E-state index in [9.17, 15) is 4.79 Å². The largest absolute Gasteiger partial charge is 0.478 e. The Morgan fingerprint density at radius 2 is 1.95 bits per heavy atom. The number of anilines is 1. The molecule has 0 amide bonds. The number of aryl methyl sites for hydroxylation is 1. The highest BCUT2D eigenvalue weighted by Crippen LogP contribution is 2.32. The highest BCUT2D eigenvalue weighted by molar-refractivity contribution is 5.75. The Bertz CT molecular complexity index is 469. The van der Waals surface area contributed by atoms with Crippen molar-refractivity contribution in [2.45, 2.75) is 53.1 Å². The van der Waals surface area contributed by atoms with E-state index in [0.29, 0.717) is 18.8 Å². The van der Waals surface area contributed by atoms with Gasteiger partial charge in [-0.05, 0) is 49.4 Å². The van der Waals surface area contributed by atoms with Crippen molar-refractivity contribution in [3.05, 3.63) is 23.3 Å². The Morgan fingerprint density at radius 1 is 1.30 bits per heavy atom. The SMILES string of the molecule is CCOC(=O)C(CC)Oc1cc(C)c(N)cc1C(C)C. The van der Waals surface area contributed by atoms with E-state index in [-0.39, 0.29) is 11.9 Å². The lowest BCUT2D eigenvalue weighted by atomic mass is 9.99. The summed E-state index contributed by atoms with van der Waals surface area (Å²) in [4.78, 5) is 11.8. The average molecular weight is 279 g/mol. The van der Waals surface area contributed by atoms with Crippen LogP contribution in [0.2, 0.25) is 0 Å². The van der Waals surface area contributed by atoms with Crippen molar-refractivity contribution < 1.29 is 14.3 Å². The quantitative estimate of drug-likeness (QED) is 0.640. The molecule has 0 fully saturated rings. The second-order valence-corrected chi connectivity index (χ2v) is 5.17. The molecule has 4 heteroatoms. The average Bonchev–Trinajstić information content (AvgIpc) is 2.39. The first kappa shape index (κ1) is 16.3. The molecule has 0 saturated carbocycles. The van der Waals surface area contributed by atoms with Crippen LogP contribution in [0.1, 0.15) is 51.2 Å². The number of benzene rings is 1. The Balaban J connectivity index is 3.05. The van der Waals surface area contributed by atoms with Gasteiger partial charge in [0.2, 0.25) is 0 Å². The first-order chi connectivity index (χ1) is 9.40. The van der Waals surface area contributed by atoms with E-state index in [1.54, 1.807) is 6.92 Å². The molecule has 0 aliphatic heterocycles. The fourth-order valence-corrected chi connectivity index (χ4v) is 1.96. The van der Waals surface area contributed by atoms with Crippen LogP contribution < -0.4 is 10.5 Å². The molecule has 1 rings (SSSR count). The normalized spacial score (nSPS) is 12.3. The molecule has 2 N–H and O–H groups in total. The molecule has 20 heavy (non-hydrogen) atoms. The number of carbonyl (C=O) groups is 1. The van der Waals surface area contributed by atoms with E-state index < -0.39 is 6.10 Å². The number of esters is 1. The molecule has 0 aromatic heterocycles. The van der Waals surface area contributed by atoms with E-state index in [4.69, 9.17) is 15.2 Å².